The molecule has 0 spiro atoms. The molecule has 0 aliphatic heterocycles. The van der Waals surface area contributed by atoms with Gasteiger partial charge in [-0.1, -0.05) is 231 Å². The lowest BCUT2D eigenvalue weighted by Crippen LogP contribution is -2.74. The molecule has 0 unspecified atom stereocenters. The van der Waals surface area contributed by atoms with Crippen LogP contribution < -0.4 is 25.6 Å². The van der Waals surface area contributed by atoms with Gasteiger partial charge in [-0.05, 0) is 115 Å². The van der Waals surface area contributed by atoms with Crippen molar-refractivity contribution in [1.82, 2.24) is 4.57 Å². The molecule has 0 saturated carbocycles. The van der Waals surface area contributed by atoms with E-state index in [1.165, 1.54) is 70.4 Å². The van der Waals surface area contributed by atoms with Gasteiger partial charge in [0.1, 0.15) is 0 Å². The lowest BCUT2D eigenvalue weighted by Gasteiger charge is -2.35. The molecule has 3 heteroatoms. The van der Waals surface area contributed by atoms with Crippen molar-refractivity contribution in [2.75, 3.05) is 4.90 Å². The van der Waals surface area contributed by atoms with E-state index in [2.05, 4.69) is 301 Å². The smallest absolute Gasteiger partial charge is 0.179 e. The molecule has 0 N–H and O–H groups in total. The van der Waals surface area contributed by atoms with E-state index in [0.717, 1.165) is 28.3 Å². The minimum Gasteiger partial charge on any atom is -0.310 e. The Balaban J connectivity index is 1.01. The Morgan fingerprint density at radius 2 is 0.681 bits per heavy atom. The van der Waals surface area contributed by atoms with Gasteiger partial charge in [-0.15, -0.1) is 0 Å². The van der Waals surface area contributed by atoms with E-state index >= 15 is 0 Å². The summed E-state index contributed by atoms with van der Waals surface area (Å²) in [6.07, 6.45) is 0. The highest BCUT2D eigenvalue weighted by molar-refractivity contribution is 7.19. The predicted molar refractivity (Wildman–Crippen MR) is 295 cm³/mol. The van der Waals surface area contributed by atoms with E-state index in [1.807, 2.05) is 0 Å². The third kappa shape index (κ3) is 7.56. The SMILES string of the molecule is c1ccc(-c2ccc(-c3ccc(N(c4ccc([Si](c5ccccc5)(c5ccccc5)c5ccccc5)cc4)c4cccc(-c5cccc6c5c5ccccc5n6-c5ccccc5)c4)cc3)cc2)cc1. The summed E-state index contributed by atoms with van der Waals surface area (Å²) in [5.41, 5.74) is 14.0. The van der Waals surface area contributed by atoms with Gasteiger partial charge in [0.2, 0.25) is 0 Å². The molecule has 12 aromatic rings. The Bertz CT molecular complexity index is 3570. The van der Waals surface area contributed by atoms with Crippen molar-refractivity contribution in [2.24, 2.45) is 0 Å². The first-order valence-electron chi connectivity index (χ1n) is 23.8. The maximum absolute atomic E-state index is 2.73. The Kier molecular flexibility index (Phi) is 11.0. The van der Waals surface area contributed by atoms with Gasteiger partial charge in [-0.25, -0.2) is 0 Å². The highest BCUT2D eigenvalue weighted by Gasteiger charge is 2.41. The second-order valence-electron chi connectivity index (χ2n) is 17.7. The molecule has 0 aliphatic rings. The average Bonchev–Trinajstić information content (AvgIpc) is 3.78. The third-order valence-electron chi connectivity index (χ3n) is 13.8. The first-order valence-corrected chi connectivity index (χ1v) is 25.8. The quantitative estimate of drug-likeness (QED) is 0.0928. The Morgan fingerprint density at radius 1 is 0.275 bits per heavy atom. The fourth-order valence-electron chi connectivity index (χ4n) is 10.6. The molecule has 12 rings (SSSR count). The molecule has 0 fully saturated rings. The van der Waals surface area contributed by atoms with E-state index in [1.54, 1.807) is 0 Å². The fourth-order valence-corrected chi connectivity index (χ4v) is 15.3. The zero-order valence-electron chi connectivity index (χ0n) is 38.1. The van der Waals surface area contributed by atoms with E-state index in [4.69, 9.17) is 0 Å². The van der Waals surface area contributed by atoms with Crippen molar-refractivity contribution < 1.29 is 0 Å². The third-order valence-corrected chi connectivity index (χ3v) is 18.6. The summed E-state index contributed by atoms with van der Waals surface area (Å²) in [4.78, 5) is 2.42. The van der Waals surface area contributed by atoms with Gasteiger partial charge in [0, 0.05) is 33.5 Å². The minimum atomic E-state index is -2.73. The number of hydrogen-bond acceptors (Lipinski definition) is 1. The van der Waals surface area contributed by atoms with Gasteiger partial charge in [-0.2, -0.15) is 0 Å². The van der Waals surface area contributed by atoms with Crippen molar-refractivity contribution in [3.8, 4) is 39.1 Å². The number of anilines is 3. The lowest BCUT2D eigenvalue weighted by molar-refractivity contribution is 1.18. The molecule has 0 aliphatic carbocycles. The van der Waals surface area contributed by atoms with Gasteiger partial charge in [0.05, 0.1) is 11.0 Å². The molecule has 69 heavy (non-hydrogen) atoms. The average molecular weight is 897 g/mol. The maximum atomic E-state index is 2.42. The van der Waals surface area contributed by atoms with Crippen LogP contribution in [0.15, 0.2) is 291 Å². The normalized spacial score (nSPS) is 11.5. The largest absolute Gasteiger partial charge is 0.310 e. The van der Waals surface area contributed by atoms with Crippen LogP contribution in [-0.2, 0) is 0 Å². The van der Waals surface area contributed by atoms with Gasteiger partial charge >= 0.3 is 0 Å². The fraction of sp³-hybridized carbons (Fsp3) is 0. The molecule has 2 nitrogen and oxygen atoms in total. The first-order chi connectivity index (χ1) is 34.2. The molecule has 1 aromatic heterocycles. The molecule has 11 aromatic carbocycles. The van der Waals surface area contributed by atoms with E-state index in [0.29, 0.717) is 0 Å². The molecule has 1 heterocycles. The summed E-state index contributed by atoms with van der Waals surface area (Å²) in [5.74, 6) is 0. The molecule has 0 atom stereocenters. The van der Waals surface area contributed by atoms with Crippen molar-refractivity contribution in [1.29, 1.82) is 0 Å². The zero-order valence-corrected chi connectivity index (χ0v) is 39.1. The van der Waals surface area contributed by atoms with Crippen LogP contribution in [0.25, 0.3) is 60.9 Å². The van der Waals surface area contributed by atoms with Crippen LogP contribution in [0.3, 0.4) is 0 Å². The number of para-hydroxylation sites is 2. The summed E-state index contributed by atoms with van der Waals surface area (Å²) in [6, 6.07) is 107. The number of hydrogen-bond donors (Lipinski definition) is 0. The Hall–Kier alpha value is -8.76. The minimum absolute atomic E-state index is 1.08. The summed E-state index contributed by atoms with van der Waals surface area (Å²) in [7, 11) is -2.73. The standard InChI is InChI=1S/C66H48N2Si/c1-6-20-49(21-7-1)50-36-38-51(39-37-50)52-40-42-55(43-41-52)67(56-44-46-61(47-45-56)69(58-26-10-3-11-27-58,59-28-12-4-13-29-59)60-30-14-5-15-31-60)57-25-18-22-53(48-57)62-33-19-35-65-66(62)63-32-16-17-34-64(63)68(65)54-23-8-2-9-24-54/h1-48H. The number of nitrogens with zero attached hydrogens (tertiary/aromatic N) is 2. The second kappa shape index (κ2) is 18.1. The Labute approximate surface area is 405 Å². The molecule has 0 radical (unpaired) electrons. The van der Waals surface area contributed by atoms with Crippen LogP contribution in [0.1, 0.15) is 0 Å². The molecule has 0 saturated heterocycles. The van der Waals surface area contributed by atoms with Gasteiger partial charge in [0.25, 0.3) is 0 Å². The molecule has 0 bridgehead atoms. The second-order valence-corrected chi connectivity index (χ2v) is 21.5. The lowest BCUT2D eigenvalue weighted by atomic mass is 9.98. The molecule has 0 amide bonds. The van der Waals surface area contributed by atoms with Crippen LogP contribution in [0.2, 0.25) is 0 Å². The molecular formula is C66H48N2Si. The number of fused-ring (bicyclic) bond motifs is 3. The van der Waals surface area contributed by atoms with Crippen LogP contribution in [-0.4, -0.2) is 12.6 Å². The highest BCUT2D eigenvalue weighted by atomic mass is 28.3. The topological polar surface area (TPSA) is 8.17 Å². The zero-order chi connectivity index (χ0) is 46.0. The highest BCUT2D eigenvalue weighted by Crippen LogP contribution is 2.42. The van der Waals surface area contributed by atoms with Crippen molar-refractivity contribution in [3.05, 3.63) is 291 Å². The van der Waals surface area contributed by atoms with Crippen molar-refractivity contribution >= 4 is 67.7 Å². The van der Waals surface area contributed by atoms with E-state index in [-0.39, 0.29) is 0 Å². The van der Waals surface area contributed by atoms with Crippen LogP contribution >= 0.6 is 0 Å². The van der Waals surface area contributed by atoms with E-state index < -0.39 is 8.07 Å². The maximum Gasteiger partial charge on any atom is 0.179 e. The molecule has 326 valence electrons. The summed E-state index contributed by atoms with van der Waals surface area (Å²) < 4.78 is 2.40. The van der Waals surface area contributed by atoms with Gasteiger partial charge in [-0.3, -0.25) is 0 Å². The first kappa shape index (κ1) is 41.7. The molecular weight excluding hydrogens is 849 g/mol. The predicted octanol–water partition coefficient (Wildman–Crippen LogP) is 14.6. The van der Waals surface area contributed by atoms with Crippen LogP contribution in [0.4, 0.5) is 17.1 Å². The van der Waals surface area contributed by atoms with Crippen molar-refractivity contribution in [2.45, 2.75) is 0 Å². The number of rotatable bonds is 11. The van der Waals surface area contributed by atoms with E-state index in [9.17, 15) is 0 Å². The summed E-state index contributed by atoms with van der Waals surface area (Å²) in [5, 5.41) is 7.88. The monoisotopic (exact) mass is 896 g/mol. The Morgan fingerprint density at radius 3 is 1.25 bits per heavy atom. The van der Waals surface area contributed by atoms with Crippen LogP contribution in [0.5, 0.6) is 0 Å². The van der Waals surface area contributed by atoms with Gasteiger partial charge in [0.15, 0.2) is 8.07 Å². The number of benzene rings is 11. The summed E-state index contributed by atoms with van der Waals surface area (Å²) in [6.45, 7) is 0. The van der Waals surface area contributed by atoms with Gasteiger partial charge < -0.3 is 9.47 Å². The number of aromatic nitrogens is 1. The van der Waals surface area contributed by atoms with Crippen LogP contribution in [0, 0.1) is 0 Å². The van der Waals surface area contributed by atoms with Crippen molar-refractivity contribution in [3.63, 3.8) is 0 Å². The summed E-state index contributed by atoms with van der Waals surface area (Å²) >= 11 is 0.